The van der Waals surface area contributed by atoms with Crippen molar-refractivity contribution in [3.05, 3.63) is 88.6 Å². The number of fused-ring (bicyclic) bond motifs is 4. The first-order chi connectivity index (χ1) is 20.5. The summed E-state index contributed by atoms with van der Waals surface area (Å²) in [4.78, 5) is 0. The van der Waals surface area contributed by atoms with Gasteiger partial charge in [-0.15, -0.1) is 0 Å². The molecular weight excluding hydrogens is 464 g/mol. The number of nitrogens with zero attached hydrogens (tertiary/aromatic N) is 2. The molecule has 0 unspecified atom stereocenters. The van der Waals surface area contributed by atoms with Crippen molar-refractivity contribution in [2.45, 2.75) is 64.1 Å². The lowest BCUT2D eigenvalue weighted by molar-refractivity contribution is -0.660. The average Bonchev–Trinajstić information content (AvgIpc) is 3.44. The van der Waals surface area contributed by atoms with E-state index in [0.29, 0.717) is 46.3 Å². The number of nitriles is 1. The van der Waals surface area contributed by atoms with E-state index in [2.05, 4.69) is 12.1 Å². The molecule has 2 aliphatic carbocycles. The quantitative estimate of drug-likeness (QED) is 0.232. The van der Waals surface area contributed by atoms with Crippen molar-refractivity contribution in [3.8, 4) is 28.5 Å². The van der Waals surface area contributed by atoms with Gasteiger partial charge in [-0.05, 0) is 90.8 Å². The van der Waals surface area contributed by atoms with Gasteiger partial charge in [0, 0.05) is 35.3 Å². The van der Waals surface area contributed by atoms with Crippen LogP contribution in [-0.4, -0.2) is 0 Å². The molecule has 2 heterocycles. The number of furan rings is 1. The first kappa shape index (κ1) is 18.4. The third-order valence-corrected chi connectivity index (χ3v) is 8.29. The molecule has 0 atom stereocenters. The summed E-state index contributed by atoms with van der Waals surface area (Å²) in [5.74, 6) is -0.963. The van der Waals surface area contributed by atoms with E-state index in [9.17, 15) is 6.63 Å². The van der Waals surface area contributed by atoms with Gasteiger partial charge in [0.25, 0.3) is 0 Å². The molecular formula is C35H33N2O+. The maximum Gasteiger partial charge on any atom is 0.216 e. The Morgan fingerprint density at radius 2 is 1.66 bits per heavy atom. The minimum Gasteiger partial charge on any atom is -0.454 e. The molecule has 0 bridgehead atoms. The van der Waals surface area contributed by atoms with Gasteiger partial charge in [-0.25, -0.2) is 4.57 Å². The van der Waals surface area contributed by atoms with Crippen LogP contribution in [0.1, 0.15) is 79.1 Å². The van der Waals surface area contributed by atoms with Crippen molar-refractivity contribution in [2.24, 2.45) is 7.05 Å². The molecule has 38 heavy (non-hydrogen) atoms. The summed E-state index contributed by atoms with van der Waals surface area (Å²) in [6.07, 6.45) is 1.81. The van der Waals surface area contributed by atoms with Gasteiger partial charge in [0.1, 0.15) is 18.2 Å². The van der Waals surface area contributed by atoms with E-state index in [1.807, 2.05) is 67.2 Å². The Morgan fingerprint density at radius 1 is 0.895 bits per heavy atom. The van der Waals surface area contributed by atoms with Gasteiger partial charge in [-0.2, -0.15) is 5.26 Å². The molecule has 0 aliphatic heterocycles. The molecule has 3 aromatic carbocycles. The number of aromatic nitrogens is 1. The third-order valence-electron chi connectivity index (χ3n) is 8.29. The number of hydrogen-bond acceptors (Lipinski definition) is 2. The summed E-state index contributed by atoms with van der Waals surface area (Å²) >= 11 is 0. The minimum atomic E-state index is -1.99. The zero-order valence-electron chi connectivity index (χ0n) is 26.8. The van der Waals surface area contributed by atoms with Gasteiger partial charge < -0.3 is 4.42 Å². The third kappa shape index (κ3) is 3.51. The van der Waals surface area contributed by atoms with Crippen molar-refractivity contribution in [1.29, 1.82) is 5.26 Å². The van der Waals surface area contributed by atoms with Gasteiger partial charge in [-0.3, -0.25) is 0 Å². The number of aryl methyl sites for hydroxylation is 2. The fourth-order valence-corrected chi connectivity index (χ4v) is 6.41. The van der Waals surface area contributed by atoms with E-state index < -0.39 is 18.6 Å². The largest absolute Gasteiger partial charge is 0.454 e. The molecule has 7 rings (SSSR count). The summed E-state index contributed by atoms with van der Waals surface area (Å²) in [6.45, 7) is 2.04. The standard InChI is InChI=1S/C35H33N2O/c1-22-14-16-29-30-17-15-24(21-36)33(35(30)38-34(29)32(22)31-13-6-7-20-37(31)2)28-19-18-25(23-9-4-3-5-10-23)26-11-8-12-27(26)28/h6-7,13-20,23H,3-5,8-12H2,1-2H3/q+1/i11D2,12D2,23D. The number of benzene rings is 3. The Balaban J connectivity index is 1.58. The summed E-state index contributed by atoms with van der Waals surface area (Å²) in [6, 6.07) is 19.7. The van der Waals surface area contributed by atoms with Crippen molar-refractivity contribution >= 4 is 21.9 Å². The van der Waals surface area contributed by atoms with Gasteiger partial charge >= 0.3 is 0 Å². The molecule has 0 N–H and O–H groups in total. The molecule has 0 radical (unpaired) electrons. The number of pyridine rings is 1. The highest BCUT2D eigenvalue weighted by atomic mass is 16.3. The normalized spacial score (nSPS) is 21.1. The summed E-state index contributed by atoms with van der Waals surface area (Å²) in [7, 11) is 1.99. The second-order valence-electron chi connectivity index (χ2n) is 10.5. The molecule has 2 aliphatic rings. The Kier molecular flexibility index (Phi) is 4.42. The van der Waals surface area contributed by atoms with Crippen molar-refractivity contribution in [1.82, 2.24) is 0 Å². The topological polar surface area (TPSA) is 40.8 Å². The molecule has 188 valence electrons. The zero-order chi connectivity index (χ0) is 30.3. The summed E-state index contributed by atoms with van der Waals surface area (Å²) in [5, 5.41) is 12.0. The van der Waals surface area contributed by atoms with Crippen LogP contribution in [0, 0.1) is 18.3 Å². The predicted octanol–water partition coefficient (Wildman–Crippen LogP) is 8.46. The van der Waals surface area contributed by atoms with Crippen LogP contribution >= 0.6 is 0 Å². The maximum atomic E-state index is 10.3. The zero-order valence-corrected chi connectivity index (χ0v) is 21.8. The lowest BCUT2D eigenvalue weighted by Crippen LogP contribution is -2.30. The van der Waals surface area contributed by atoms with Crippen LogP contribution in [-0.2, 0) is 19.8 Å². The predicted molar refractivity (Wildman–Crippen MR) is 153 cm³/mol. The highest BCUT2D eigenvalue weighted by Gasteiger charge is 2.28. The minimum absolute atomic E-state index is 0.252. The fraction of sp³-hybridized carbons (Fsp3) is 0.314. The van der Waals surface area contributed by atoms with E-state index in [1.54, 1.807) is 6.07 Å². The van der Waals surface area contributed by atoms with Gasteiger partial charge in [0.2, 0.25) is 5.69 Å². The molecule has 3 nitrogen and oxygen atoms in total. The van der Waals surface area contributed by atoms with Crippen LogP contribution in [0.5, 0.6) is 0 Å². The van der Waals surface area contributed by atoms with E-state index in [4.69, 9.17) is 9.90 Å². The Hall–Kier alpha value is -3.90. The molecule has 0 spiro atoms. The number of rotatable bonds is 3. The molecule has 5 aromatic rings. The van der Waals surface area contributed by atoms with Crippen LogP contribution in [0.4, 0.5) is 0 Å². The molecule has 1 fully saturated rings. The van der Waals surface area contributed by atoms with Crippen molar-refractivity contribution in [3.63, 3.8) is 0 Å². The van der Waals surface area contributed by atoms with Crippen LogP contribution in [0.25, 0.3) is 44.3 Å². The molecule has 2 aromatic heterocycles. The second-order valence-corrected chi connectivity index (χ2v) is 10.5. The molecule has 0 saturated heterocycles. The lowest BCUT2D eigenvalue weighted by atomic mass is 9.80. The highest BCUT2D eigenvalue weighted by Crippen LogP contribution is 2.46. The van der Waals surface area contributed by atoms with Crippen molar-refractivity contribution in [2.75, 3.05) is 0 Å². The highest BCUT2D eigenvalue weighted by molar-refractivity contribution is 6.14. The average molecular weight is 503 g/mol. The SMILES string of the molecule is [2H]C1([2H])CC([2H])([2H])c2c(C3([2H])CCCCC3)ccc(-c3c(C#N)ccc4c3oc3c(-c5cccc[n+]5C)c(C)ccc34)c21. The van der Waals surface area contributed by atoms with Crippen molar-refractivity contribution < 1.29 is 15.8 Å². The Labute approximate surface area is 231 Å². The van der Waals surface area contributed by atoms with Gasteiger partial charge in [0.15, 0.2) is 6.20 Å². The first-order valence-corrected chi connectivity index (χ1v) is 13.5. The maximum absolute atomic E-state index is 10.3. The van der Waals surface area contributed by atoms with E-state index >= 15 is 0 Å². The smallest absolute Gasteiger partial charge is 0.216 e. The molecule has 0 amide bonds. The Morgan fingerprint density at radius 3 is 2.45 bits per heavy atom. The monoisotopic (exact) mass is 502 g/mol. The Bertz CT molecular complexity index is 2000. The van der Waals surface area contributed by atoms with Crippen LogP contribution in [0.3, 0.4) is 0 Å². The molecule has 3 heteroatoms. The second kappa shape index (κ2) is 9.14. The van der Waals surface area contributed by atoms with Gasteiger partial charge in [-0.1, -0.05) is 43.5 Å². The first-order valence-electron chi connectivity index (χ1n) is 16.0. The fourth-order valence-electron chi connectivity index (χ4n) is 6.41. The van der Waals surface area contributed by atoms with Crippen LogP contribution < -0.4 is 4.57 Å². The number of hydrogen-bond donors (Lipinski definition) is 0. The summed E-state index contributed by atoms with van der Waals surface area (Å²) < 4.78 is 54.3. The molecule has 1 saturated carbocycles. The van der Waals surface area contributed by atoms with E-state index in [0.717, 1.165) is 46.9 Å². The van der Waals surface area contributed by atoms with Crippen LogP contribution in [0.2, 0.25) is 0 Å². The lowest BCUT2D eigenvalue weighted by Gasteiger charge is -2.25. The van der Waals surface area contributed by atoms with Crippen LogP contribution in [0.15, 0.2) is 65.2 Å². The van der Waals surface area contributed by atoms with E-state index in [1.165, 1.54) is 0 Å². The van der Waals surface area contributed by atoms with Gasteiger partial charge in [0.05, 0.1) is 17.2 Å². The van der Waals surface area contributed by atoms with E-state index in [-0.39, 0.29) is 17.5 Å². The summed E-state index contributed by atoms with van der Waals surface area (Å²) in [5.41, 5.74) is 6.55.